The molecule has 0 heterocycles. The Morgan fingerprint density at radius 3 is 2.00 bits per heavy atom. The molecule has 0 bridgehead atoms. The minimum atomic E-state index is -0.940. The summed E-state index contributed by atoms with van der Waals surface area (Å²) in [4.78, 5) is 0. The number of benzene rings is 2. The SMILES string of the molecule is CCOc1ccc(CCC=CC2CCC(c3ccc(OCC)c(F)c3F)CC2)c(F)c1F. The van der Waals surface area contributed by atoms with Crippen LogP contribution >= 0.6 is 0 Å². The topological polar surface area (TPSA) is 18.5 Å². The second-order valence-corrected chi connectivity index (χ2v) is 8.08. The lowest BCUT2D eigenvalue weighted by molar-refractivity contribution is 0.310. The lowest BCUT2D eigenvalue weighted by atomic mass is 9.78. The van der Waals surface area contributed by atoms with Crippen molar-refractivity contribution in [1.29, 1.82) is 0 Å². The van der Waals surface area contributed by atoms with Gasteiger partial charge in [0, 0.05) is 0 Å². The van der Waals surface area contributed by atoms with Crippen molar-refractivity contribution in [3.8, 4) is 11.5 Å². The molecule has 1 aliphatic rings. The molecule has 2 aromatic rings. The Bertz CT molecular complexity index is 934. The predicted molar refractivity (Wildman–Crippen MR) is 117 cm³/mol. The van der Waals surface area contributed by atoms with Crippen molar-refractivity contribution in [2.24, 2.45) is 5.92 Å². The van der Waals surface area contributed by atoms with Crippen LogP contribution in [-0.4, -0.2) is 13.2 Å². The highest BCUT2D eigenvalue weighted by atomic mass is 19.2. The van der Waals surface area contributed by atoms with Gasteiger partial charge in [0.15, 0.2) is 23.1 Å². The fourth-order valence-electron chi connectivity index (χ4n) is 4.31. The van der Waals surface area contributed by atoms with E-state index in [-0.39, 0.29) is 30.6 Å². The predicted octanol–water partition coefficient (Wildman–Crippen LogP) is 7.50. The van der Waals surface area contributed by atoms with E-state index in [0.29, 0.717) is 29.9 Å². The average Bonchev–Trinajstić information content (AvgIpc) is 2.80. The van der Waals surface area contributed by atoms with Gasteiger partial charge in [-0.05, 0) is 87.5 Å². The van der Waals surface area contributed by atoms with Gasteiger partial charge in [0.05, 0.1) is 13.2 Å². The van der Waals surface area contributed by atoms with Crippen LogP contribution in [0.4, 0.5) is 17.6 Å². The summed E-state index contributed by atoms with van der Waals surface area (Å²) >= 11 is 0. The van der Waals surface area contributed by atoms with Gasteiger partial charge in [-0.2, -0.15) is 8.78 Å². The molecule has 0 amide bonds. The Morgan fingerprint density at radius 2 is 1.38 bits per heavy atom. The zero-order valence-corrected chi connectivity index (χ0v) is 18.6. The third-order valence-electron chi connectivity index (χ3n) is 6.00. The van der Waals surface area contributed by atoms with Gasteiger partial charge < -0.3 is 9.47 Å². The van der Waals surface area contributed by atoms with Crippen LogP contribution in [0.15, 0.2) is 36.4 Å². The van der Waals surface area contributed by atoms with E-state index in [9.17, 15) is 17.6 Å². The zero-order chi connectivity index (χ0) is 23.1. The first-order chi connectivity index (χ1) is 15.5. The third kappa shape index (κ3) is 5.64. The Balaban J connectivity index is 1.50. The molecule has 1 aliphatic carbocycles. The number of allylic oxidation sites excluding steroid dienone is 2. The molecule has 6 heteroatoms. The first-order valence-electron chi connectivity index (χ1n) is 11.3. The first kappa shape index (κ1) is 24.1. The fourth-order valence-corrected chi connectivity index (χ4v) is 4.31. The molecule has 0 radical (unpaired) electrons. The molecule has 0 saturated heterocycles. The van der Waals surface area contributed by atoms with E-state index in [0.717, 1.165) is 25.7 Å². The molecular weight excluding hydrogens is 420 g/mol. The molecule has 174 valence electrons. The van der Waals surface area contributed by atoms with E-state index in [1.165, 1.54) is 12.1 Å². The second kappa shape index (κ2) is 11.4. The average molecular weight is 451 g/mol. The maximum atomic E-state index is 14.5. The molecule has 0 aromatic heterocycles. The van der Waals surface area contributed by atoms with Crippen LogP contribution in [0, 0.1) is 29.2 Å². The van der Waals surface area contributed by atoms with Crippen molar-refractivity contribution in [3.63, 3.8) is 0 Å². The number of ether oxygens (including phenoxy) is 2. The van der Waals surface area contributed by atoms with E-state index in [2.05, 4.69) is 6.08 Å². The van der Waals surface area contributed by atoms with E-state index in [4.69, 9.17) is 9.47 Å². The standard InChI is InChI=1S/C26H30F4O2/c1-3-31-21-15-13-19(23(27)25(21)29)8-6-5-7-17-9-11-18(12-10-17)20-14-16-22(32-4-2)26(30)24(20)28/h5,7,13-18H,3-4,6,8-12H2,1-2H3. The Labute approximate surface area is 187 Å². The Kier molecular flexibility index (Phi) is 8.60. The Morgan fingerprint density at radius 1 is 0.781 bits per heavy atom. The summed E-state index contributed by atoms with van der Waals surface area (Å²) in [6.07, 6.45) is 8.41. The highest BCUT2D eigenvalue weighted by molar-refractivity contribution is 5.33. The number of hydrogen-bond acceptors (Lipinski definition) is 2. The van der Waals surface area contributed by atoms with Gasteiger partial charge in [-0.1, -0.05) is 24.3 Å². The van der Waals surface area contributed by atoms with E-state index in [1.807, 2.05) is 6.08 Å². The van der Waals surface area contributed by atoms with Gasteiger partial charge in [-0.3, -0.25) is 0 Å². The van der Waals surface area contributed by atoms with Crippen LogP contribution in [0.2, 0.25) is 0 Å². The summed E-state index contributed by atoms with van der Waals surface area (Å²) in [5.41, 5.74) is 0.744. The van der Waals surface area contributed by atoms with Gasteiger partial charge in [-0.15, -0.1) is 0 Å². The van der Waals surface area contributed by atoms with E-state index in [1.54, 1.807) is 26.0 Å². The summed E-state index contributed by atoms with van der Waals surface area (Å²) in [6.45, 7) is 4.01. The quantitative estimate of drug-likeness (QED) is 0.291. The molecule has 0 N–H and O–H groups in total. The van der Waals surface area contributed by atoms with Crippen LogP contribution in [0.3, 0.4) is 0 Å². The summed E-state index contributed by atoms with van der Waals surface area (Å²) < 4.78 is 67.0. The summed E-state index contributed by atoms with van der Waals surface area (Å²) in [6, 6.07) is 6.17. The fraction of sp³-hybridized carbons (Fsp3) is 0.462. The van der Waals surface area contributed by atoms with Crippen molar-refractivity contribution in [2.45, 2.75) is 58.3 Å². The molecule has 1 saturated carbocycles. The second-order valence-electron chi connectivity index (χ2n) is 8.08. The van der Waals surface area contributed by atoms with E-state index < -0.39 is 23.3 Å². The maximum Gasteiger partial charge on any atom is 0.200 e. The molecule has 2 nitrogen and oxygen atoms in total. The highest BCUT2D eigenvalue weighted by Crippen LogP contribution is 2.39. The molecule has 2 aromatic carbocycles. The zero-order valence-electron chi connectivity index (χ0n) is 18.6. The summed E-state index contributed by atoms with van der Waals surface area (Å²) in [5.74, 6) is -3.28. The van der Waals surface area contributed by atoms with Crippen molar-refractivity contribution in [1.82, 2.24) is 0 Å². The van der Waals surface area contributed by atoms with Crippen LogP contribution in [0.1, 0.15) is 63.0 Å². The van der Waals surface area contributed by atoms with Gasteiger partial charge >= 0.3 is 0 Å². The molecule has 32 heavy (non-hydrogen) atoms. The monoisotopic (exact) mass is 450 g/mol. The smallest absolute Gasteiger partial charge is 0.200 e. The number of aryl methyl sites for hydroxylation is 1. The van der Waals surface area contributed by atoms with Crippen molar-refractivity contribution in [3.05, 3.63) is 70.8 Å². The molecule has 1 fully saturated rings. The normalized spacial score (nSPS) is 18.8. The van der Waals surface area contributed by atoms with Crippen LogP contribution in [0.25, 0.3) is 0 Å². The highest BCUT2D eigenvalue weighted by Gasteiger charge is 2.25. The molecule has 3 rings (SSSR count). The van der Waals surface area contributed by atoms with Crippen molar-refractivity contribution >= 4 is 0 Å². The Hall–Kier alpha value is -2.50. The van der Waals surface area contributed by atoms with Gasteiger partial charge in [0.1, 0.15) is 0 Å². The minimum absolute atomic E-state index is 0.00856. The lowest BCUT2D eigenvalue weighted by Gasteiger charge is -2.27. The lowest BCUT2D eigenvalue weighted by Crippen LogP contribution is -2.14. The molecule has 0 spiro atoms. The number of rotatable bonds is 9. The van der Waals surface area contributed by atoms with Gasteiger partial charge in [-0.25, -0.2) is 8.78 Å². The maximum absolute atomic E-state index is 14.5. The van der Waals surface area contributed by atoms with Gasteiger partial charge in [0.2, 0.25) is 11.6 Å². The number of hydrogen-bond donors (Lipinski definition) is 0. The minimum Gasteiger partial charge on any atom is -0.491 e. The van der Waals surface area contributed by atoms with Crippen LogP contribution < -0.4 is 9.47 Å². The first-order valence-corrected chi connectivity index (χ1v) is 11.3. The summed E-state index contributed by atoms with van der Waals surface area (Å²) in [5, 5.41) is 0. The third-order valence-corrected chi connectivity index (χ3v) is 6.00. The van der Waals surface area contributed by atoms with Gasteiger partial charge in [0.25, 0.3) is 0 Å². The molecule has 0 unspecified atom stereocenters. The largest absolute Gasteiger partial charge is 0.491 e. The van der Waals surface area contributed by atoms with Crippen molar-refractivity contribution in [2.75, 3.05) is 13.2 Å². The number of halogens is 4. The van der Waals surface area contributed by atoms with E-state index >= 15 is 0 Å². The molecule has 0 aliphatic heterocycles. The van der Waals surface area contributed by atoms with Crippen LogP contribution in [0.5, 0.6) is 11.5 Å². The summed E-state index contributed by atoms with van der Waals surface area (Å²) in [7, 11) is 0. The van der Waals surface area contributed by atoms with Crippen LogP contribution in [-0.2, 0) is 6.42 Å². The van der Waals surface area contributed by atoms with Crippen molar-refractivity contribution < 1.29 is 27.0 Å². The molecule has 0 atom stereocenters. The molecular formula is C26H30F4O2.